The minimum Gasteiger partial charge on any atom is -0.481 e. The molecule has 4 saturated carbocycles. The Hall–Kier alpha value is -0.430. The van der Waals surface area contributed by atoms with Crippen molar-refractivity contribution in [2.24, 2.45) is 40.4 Å². The standard InChI is InChI=1S/C23H34Cl3NO5/c1-21-8-7-13(28)9-12(21)3-4-14-15-5-6-16(19(29)30)22(15,2)10-17(18(14)21)27-20(31)32-11-23(24,25)26/h12-18,28H,3-11H2,1-2H3,(H,27,31)(H,29,30)/t12-,13-,14-,15-,16+,17+,18+,21-,22-/m0/s1. The summed E-state index contributed by atoms with van der Waals surface area (Å²) in [5.74, 6) is 0.122. The summed E-state index contributed by atoms with van der Waals surface area (Å²) in [6.07, 6.45) is 5.83. The summed E-state index contributed by atoms with van der Waals surface area (Å²) in [4.78, 5) is 24.8. The molecular weight excluding hydrogens is 477 g/mol. The van der Waals surface area contributed by atoms with Gasteiger partial charge in [-0.3, -0.25) is 4.79 Å². The van der Waals surface area contributed by atoms with Crippen molar-refractivity contribution in [3.63, 3.8) is 0 Å². The number of carbonyl (C=O) groups is 2. The van der Waals surface area contributed by atoms with Crippen LogP contribution in [0.5, 0.6) is 0 Å². The Morgan fingerprint density at radius 2 is 1.81 bits per heavy atom. The molecule has 0 aliphatic heterocycles. The third kappa shape index (κ3) is 4.34. The van der Waals surface area contributed by atoms with Crippen LogP contribution in [-0.4, -0.2) is 44.8 Å². The third-order valence-corrected chi connectivity index (χ3v) is 9.89. The number of aliphatic hydroxyl groups is 1. The van der Waals surface area contributed by atoms with Gasteiger partial charge in [-0.2, -0.15) is 0 Å². The number of alkyl halides is 3. The van der Waals surface area contributed by atoms with Crippen LogP contribution in [0.4, 0.5) is 4.79 Å². The Balaban J connectivity index is 1.64. The summed E-state index contributed by atoms with van der Waals surface area (Å²) in [6.45, 7) is 4.06. The van der Waals surface area contributed by atoms with E-state index in [1.807, 2.05) is 0 Å². The Labute approximate surface area is 204 Å². The zero-order valence-electron chi connectivity index (χ0n) is 18.7. The molecule has 0 aromatic rings. The predicted molar refractivity (Wildman–Crippen MR) is 123 cm³/mol. The van der Waals surface area contributed by atoms with Crippen LogP contribution < -0.4 is 5.32 Å². The molecule has 4 fully saturated rings. The molecule has 6 nitrogen and oxygen atoms in total. The van der Waals surface area contributed by atoms with Crippen LogP contribution >= 0.6 is 34.8 Å². The van der Waals surface area contributed by atoms with Gasteiger partial charge in [0, 0.05) is 6.04 Å². The number of aliphatic carboxylic acids is 1. The molecule has 0 unspecified atom stereocenters. The predicted octanol–water partition coefficient (Wildman–Crippen LogP) is 5.17. The van der Waals surface area contributed by atoms with Gasteiger partial charge < -0.3 is 20.3 Å². The highest BCUT2D eigenvalue weighted by Gasteiger charge is 2.64. The number of nitrogens with one attached hydrogen (secondary N) is 1. The minimum atomic E-state index is -1.69. The van der Waals surface area contributed by atoms with Crippen molar-refractivity contribution in [1.29, 1.82) is 0 Å². The quantitative estimate of drug-likeness (QED) is 0.455. The summed E-state index contributed by atoms with van der Waals surface area (Å²) in [5, 5.41) is 23.3. The fourth-order valence-corrected chi connectivity index (χ4v) is 8.47. The van der Waals surface area contributed by atoms with E-state index in [1.54, 1.807) is 0 Å². The van der Waals surface area contributed by atoms with Gasteiger partial charge in [0.2, 0.25) is 3.79 Å². The first kappa shape index (κ1) is 24.7. The highest BCUT2D eigenvalue weighted by atomic mass is 35.6. The summed E-state index contributed by atoms with van der Waals surface area (Å²) < 4.78 is 3.50. The molecule has 0 heterocycles. The van der Waals surface area contributed by atoms with E-state index in [1.165, 1.54) is 0 Å². The molecule has 1 amide bonds. The lowest BCUT2D eigenvalue weighted by atomic mass is 9.43. The lowest BCUT2D eigenvalue weighted by Crippen LogP contribution is -2.63. The molecule has 0 spiro atoms. The lowest BCUT2D eigenvalue weighted by molar-refractivity contribution is -0.158. The highest BCUT2D eigenvalue weighted by Crippen LogP contribution is 2.67. The average Bonchev–Trinajstić information content (AvgIpc) is 3.03. The van der Waals surface area contributed by atoms with E-state index in [2.05, 4.69) is 19.2 Å². The van der Waals surface area contributed by atoms with E-state index in [0.29, 0.717) is 30.6 Å². The van der Waals surface area contributed by atoms with E-state index in [0.717, 1.165) is 38.5 Å². The Kier molecular flexibility index (Phi) is 6.68. The van der Waals surface area contributed by atoms with Crippen molar-refractivity contribution in [1.82, 2.24) is 5.32 Å². The number of amides is 1. The van der Waals surface area contributed by atoms with E-state index in [-0.39, 0.29) is 35.5 Å². The van der Waals surface area contributed by atoms with Crippen molar-refractivity contribution in [3.8, 4) is 0 Å². The zero-order valence-corrected chi connectivity index (χ0v) is 20.9. The summed E-state index contributed by atoms with van der Waals surface area (Å²) in [7, 11) is 0. The fourth-order valence-electron chi connectivity index (χ4n) is 8.30. The number of rotatable bonds is 3. The van der Waals surface area contributed by atoms with Crippen LogP contribution in [0.3, 0.4) is 0 Å². The zero-order chi connectivity index (χ0) is 23.5. The molecule has 0 saturated heterocycles. The molecule has 0 bridgehead atoms. The van der Waals surface area contributed by atoms with Crippen LogP contribution in [-0.2, 0) is 9.53 Å². The van der Waals surface area contributed by atoms with E-state index < -0.39 is 21.8 Å². The molecule has 9 atom stereocenters. The number of carbonyl (C=O) groups excluding carboxylic acids is 1. The van der Waals surface area contributed by atoms with Crippen LogP contribution in [0, 0.1) is 40.4 Å². The van der Waals surface area contributed by atoms with Gasteiger partial charge >= 0.3 is 12.1 Å². The second-order valence-corrected chi connectivity index (χ2v) is 13.6. The first-order valence-electron chi connectivity index (χ1n) is 11.8. The van der Waals surface area contributed by atoms with Gasteiger partial charge in [0.25, 0.3) is 0 Å². The SMILES string of the molecule is C[C@]12CC[C@H](O)C[C@@H]1CC[C@@H]1[C@@H]2[C@H](NC(=O)OCC(Cl)(Cl)Cl)C[C@]2(C)[C@@H](C(=O)O)CC[C@@H]12. The normalized spacial score (nSPS) is 45.9. The monoisotopic (exact) mass is 509 g/mol. The molecule has 182 valence electrons. The third-order valence-electron chi connectivity index (χ3n) is 9.56. The second-order valence-electron chi connectivity index (χ2n) is 11.1. The number of fused-ring (bicyclic) bond motifs is 5. The molecule has 32 heavy (non-hydrogen) atoms. The molecule has 4 aliphatic carbocycles. The number of carboxylic acid groups (broad SMARTS) is 1. The first-order valence-corrected chi connectivity index (χ1v) is 12.9. The summed E-state index contributed by atoms with van der Waals surface area (Å²) >= 11 is 17.2. The van der Waals surface area contributed by atoms with Gasteiger partial charge in [-0.1, -0.05) is 48.7 Å². The van der Waals surface area contributed by atoms with E-state index >= 15 is 0 Å². The number of carboxylic acids is 1. The molecule has 0 aromatic carbocycles. The smallest absolute Gasteiger partial charge is 0.407 e. The number of aliphatic hydroxyl groups excluding tert-OH is 1. The highest BCUT2D eigenvalue weighted by molar-refractivity contribution is 6.67. The topological polar surface area (TPSA) is 95.9 Å². The number of alkyl carbamates (subject to hydrolysis) is 1. The maximum Gasteiger partial charge on any atom is 0.407 e. The number of ether oxygens (including phenoxy) is 1. The number of halogens is 3. The molecule has 9 heteroatoms. The van der Waals surface area contributed by atoms with Gasteiger partial charge in [0.15, 0.2) is 0 Å². The Morgan fingerprint density at radius 3 is 2.47 bits per heavy atom. The van der Waals surface area contributed by atoms with Crippen molar-refractivity contribution >= 4 is 46.9 Å². The molecule has 4 rings (SSSR count). The summed E-state index contributed by atoms with van der Waals surface area (Å²) in [6, 6.07) is -0.216. The Bertz CT molecular complexity index is 760. The van der Waals surface area contributed by atoms with Crippen molar-refractivity contribution in [2.75, 3.05) is 6.61 Å². The van der Waals surface area contributed by atoms with Crippen molar-refractivity contribution < 1.29 is 24.5 Å². The van der Waals surface area contributed by atoms with Gasteiger partial charge in [-0.15, -0.1) is 0 Å². The minimum absolute atomic E-state index is 0.0159. The number of hydrogen-bond donors (Lipinski definition) is 3. The fraction of sp³-hybridized carbons (Fsp3) is 0.913. The van der Waals surface area contributed by atoms with Crippen LogP contribution in [0.15, 0.2) is 0 Å². The van der Waals surface area contributed by atoms with E-state index in [9.17, 15) is 19.8 Å². The molecule has 0 aromatic heterocycles. The average molecular weight is 511 g/mol. The largest absolute Gasteiger partial charge is 0.481 e. The maximum absolute atomic E-state index is 12.7. The number of hydrogen-bond acceptors (Lipinski definition) is 4. The van der Waals surface area contributed by atoms with Gasteiger partial charge in [0.05, 0.1) is 12.0 Å². The van der Waals surface area contributed by atoms with Crippen molar-refractivity contribution in [3.05, 3.63) is 0 Å². The van der Waals surface area contributed by atoms with Crippen LogP contribution in [0.25, 0.3) is 0 Å². The van der Waals surface area contributed by atoms with E-state index in [4.69, 9.17) is 39.5 Å². The van der Waals surface area contributed by atoms with Gasteiger partial charge in [-0.25, -0.2) is 4.79 Å². The molecular formula is C23H34Cl3NO5. The molecule has 3 N–H and O–H groups in total. The van der Waals surface area contributed by atoms with Crippen LogP contribution in [0.2, 0.25) is 0 Å². The molecule has 0 radical (unpaired) electrons. The Morgan fingerprint density at radius 1 is 1.09 bits per heavy atom. The lowest BCUT2D eigenvalue weighted by Gasteiger charge is -2.63. The van der Waals surface area contributed by atoms with Crippen LogP contribution in [0.1, 0.15) is 65.2 Å². The van der Waals surface area contributed by atoms with Crippen molar-refractivity contribution in [2.45, 2.75) is 81.2 Å². The molecule has 4 aliphatic rings. The first-order chi connectivity index (χ1) is 14.8. The maximum atomic E-state index is 12.7. The van der Waals surface area contributed by atoms with Gasteiger partial charge in [0.1, 0.15) is 6.61 Å². The summed E-state index contributed by atoms with van der Waals surface area (Å²) in [5.41, 5.74) is -0.393. The second kappa shape index (κ2) is 8.66. The van der Waals surface area contributed by atoms with Gasteiger partial charge in [-0.05, 0) is 85.9 Å².